The van der Waals surface area contributed by atoms with Gasteiger partial charge in [-0.15, -0.1) is 0 Å². The van der Waals surface area contributed by atoms with Gasteiger partial charge in [-0.2, -0.15) is 4.37 Å². The molecule has 0 saturated carbocycles. The first-order valence-corrected chi connectivity index (χ1v) is 6.76. The highest BCUT2D eigenvalue weighted by atomic mass is 32.1. The van der Waals surface area contributed by atoms with E-state index in [-0.39, 0.29) is 5.97 Å². The van der Waals surface area contributed by atoms with E-state index in [0.717, 1.165) is 10.6 Å². The van der Waals surface area contributed by atoms with Gasteiger partial charge in [0.1, 0.15) is 10.6 Å². The molecule has 0 aliphatic carbocycles. The van der Waals surface area contributed by atoms with Gasteiger partial charge >= 0.3 is 5.97 Å². The van der Waals surface area contributed by atoms with Crippen LogP contribution in [-0.4, -0.2) is 21.9 Å². The normalized spacial score (nSPS) is 10.2. The van der Waals surface area contributed by atoms with E-state index >= 15 is 0 Å². The van der Waals surface area contributed by atoms with Crippen molar-refractivity contribution >= 4 is 22.5 Å². The average Bonchev–Trinajstić information content (AvgIpc) is 2.79. The van der Waals surface area contributed by atoms with Crippen molar-refractivity contribution in [2.45, 2.75) is 20.4 Å². The standard InChI is InChI=1S/C13H15N3O2S/c1-3-18-13(17)11-9(2)16-19-12(11)15-8-10-4-6-14-7-5-10/h4-7,15H,3,8H2,1-2H3. The van der Waals surface area contributed by atoms with E-state index < -0.39 is 0 Å². The van der Waals surface area contributed by atoms with E-state index in [9.17, 15) is 4.79 Å². The van der Waals surface area contributed by atoms with Gasteiger partial charge < -0.3 is 10.1 Å². The number of carbonyl (C=O) groups excluding carboxylic acids is 1. The van der Waals surface area contributed by atoms with Crippen LogP contribution in [0.15, 0.2) is 24.5 Å². The van der Waals surface area contributed by atoms with Gasteiger partial charge in [-0.05, 0) is 43.1 Å². The van der Waals surface area contributed by atoms with Gasteiger partial charge in [-0.1, -0.05) is 0 Å². The molecule has 0 atom stereocenters. The molecule has 0 aliphatic rings. The van der Waals surface area contributed by atoms with Gasteiger partial charge in [-0.3, -0.25) is 4.98 Å². The third-order valence-corrected chi connectivity index (χ3v) is 3.44. The number of hydrogen-bond donors (Lipinski definition) is 1. The van der Waals surface area contributed by atoms with Crippen LogP contribution in [0, 0.1) is 6.92 Å². The number of nitrogens with zero attached hydrogens (tertiary/aromatic N) is 2. The van der Waals surface area contributed by atoms with Crippen LogP contribution in [0.3, 0.4) is 0 Å². The van der Waals surface area contributed by atoms with E-state index in [1.54, 1.807) is 26.2 Å². The first kappa shape index (κ1) is 13.5. The molecule has 2 rings (SSSR count). The van der Waals surface area contributed by atoms with Gasteiger partial charge in [0, 0.05) is 18.9 Å². The summed E-state index contributed by atoms with van der Waals surface area (Å²) in [6, 6.07) is 3.84. The summed E-state index contributed by atoms with van der Waals surface area (Å²) in [6.45, 7) is 4.58. The monoisotopic (exact) mass is 277 g/mol. The Bertz CT molecular complexity index is 554. The van der Waals surface area contributed by atoms with Crippen molar-refractivity contribution in [1.82, 2.24) is 9.36 Å². The molecule has 0 unspecified atom stereocenters. The highest BCUT2D eigenvalue weighted by molar-refractivity contribution is 7.10. The number of nitrogens with one attached hydrogen (secondary N) is 1. The van der Waals surface area contributed by atoms with Crippen LogP contribution in [0.1, 0.15) is 28.5 Å². The van der Waals surface area contributed by atoms with Crippen LogP contribution in [0.4, 0.5) is 5.00 Å². The minimum Gasteiger partial charge on any atom is -0.462 e. The molecular formula is C13H15N3O2S. The van der Waals surface area contributed by atoms with E-state index in [2.05, 4.69) is 14.7 Å². The maximum atomic E-state index is 11.9. The maximum Gasteiger partial charge on any atom is 0.343 e. The predicted molar refractivity (Wildman–Crippen MR) is 74.4 cm³/mol. The molecule has 19 heavy (non-hydrogen) atoms. The van der Waals surface area contributed by atoms with E-state index in [1.165, 1.54) is 11.5 Å². The molecule has 0 radical (unpaired) electrons. The number of pyridine rings is 1. The fourth-order valence-electron chi connectivity index (χ4n) is 1.62. The SMILES string of the molecule is CCOC(=O)c1c(C)nsc1NCc1ccncc1. The second-order valence-electron chi connectivity index (χ2n) is 3.90. The minimum absolute atomic E-state index is 0.328. The molecule has 100 valence electrons. The summed E-state index contributed by atoms with van der Waals surface area (Å²) in [7, 11) is 0. The Morgan fingerprint density at radius 2 is 2.16 bits per heavy atom. The number of esters is 1. The van der Waals surface area contributed by atoms with E-state index in [0.29, 0.717) is 24.4 Å². The Labute approximate surface area is 115 Å². The molecule has 2 heterocycles. The molecule has 6 heteroatoms. The summed E-state index contributed by atoms with van der Waals surface area (Å²) < 4.78 is 9.24. The molecule has 0 bridgehead atoms. The number of carbonyl (C=O) groups is 1. The molecule has 2 aromatic heterocycles. The summed E-state index contributed by atoms with van der Waals surface area (Å²) in [4.78, 5) is 15.8. The fraction of sp³-hybridized carbons (Fsp3) is 0.308. The van der Waals surface area contributed by atoms with Gasteiger partial charge in [0.2, 0.25) is 0 Å². The zero-order chi connectivity index (χ0) is 13.7. The molecule has 5 nitrogen and oxygen atoms in total. The Morgan fingerprint density at radius 3 is 2.84 bits per heavy atom. The van der Waals surface area contributed by atoms with E-state index in [4.69, 9.17) is 4.74 Å². The molecule has 0 spiro atoms. The largest absolute Gasteiger partial charge is 0.462 e. The van der Waals surface area contributed by atoms with Crippen LogP contribution in [0.5, 0.6) is 0 Å². The zero-order valence-electron chi connectivity index (χ0n) is 10.8. The summed E-state index contributed by atoms with van der Waals surface area (Å²) in [6.07, 6.45) is 3.47. The Balaban J connectivity index is 2.11. The minimum atomic E-state index is -0.328. The van der Waals surface area contributed by atoms with Crippen molar-refractivity contribution in [2.24, 2.45) is 0 Å². The maximum absolute atomic E-state index is 11.9. The molecule has 1 N–H and O–H groups in total. The summed E-state index contributed by atoms with van der Waals surface area (Å²) in [5.74, 6) is -0.328. The number of anilines is 1. The number of aryl methyl sites for hydroxylation is 1. The third-order valence-electron chi connectivity index (χ3n) is 2.54. The van der Waals surface area contributed by atoms with E-state index in [1.807, 2.05) is 12.1 Å². The lowest BCUT2D eigenvalue weighted by molar-refractivity contribution is 0.0527. The number of aromatic nitrogens is 2. The zero-order valence-corrected chi connectivity index (χ0v) is 11.7. The Kier molecular flexibility index (Phi) is 4.46. The molecule has 0 amide bonds. The average molecular weight is 277 g/mol. The molecule has 0 aromatic carbocycles. The molecule has 0 saturated heterocycles. The van der Waals surface area contributed by atoms with Crippen molar-refractivity contribution in [3.05, 3.63) is 41.3 Å². The van der Waals surface area contributed by atoms with Gasteiger partial charge in [0.05, 0.1) is 12.3 Å². The van der Waals surface area contributed by atoms with Gasteiger partial charge in [0.15, 0.2) is 0 Å². The molecule has 2 aromatic rings. The summed E-state index contributed by atoms with van der Waals surface area (Å²) in [5.41, 5.74) is 2.32. The van der Waals surface area contributed by atoms with Crippen molar-refractivity contribution in [3.8, 4) is 0 Å². The summed E-state index contributed by atoms with van der Waals surface area (Å²) >= 11 is 1.27. The third kappa shape index (κ3) is 3.29. The smallest absolute Gasteiger partial charge is 0.343 e. The van der Waals surface area contributed by atoms with Crippen molar-refractivity contribution < 1.29 is 9.53 Å². The summed E-state index contributed by atoms with van der Waals surface area (Å²) in [5, 5.41) is 3.96. The van der Waals surface area contributed by atoms with Crippen molar-refractivity contribution in [2.75, 3.05) is 11.9 Å². The predicted octanol–water partition coefficient (Wildman–Crippen LogP) is 2.64. The highest BCUT2D eigenvalue weighted by Gasteiger charge is 2.19. The van der Waals surface area contributed by atoms with Gasteiger partial charge in [0.25, 0.3) is 0 Å². The Hall–Kier alpha value is -1.95. The van der Waals surface area contributed by atoms with Crippen molar-refractivity contribution in [1.29, 1.82) is 0 Å². The molecule has 0 aliphatic heterocycles. The van der Waals surface area contributed by atoms with Gasteiger partial charge in [-0.25, -0.2) is 4.79 Å². The first-order valence-electron chi connectivity index (χ1n) is 5.98. The lowest BCUT2D eigenvalue weighted by Crippen LogP contribution is -2.09. The number of rotatable bonds is 5. The lowest BCUT2D eigenvalue weighted by Gasteiger charge is -2.06. The number of ether oxygens (including phenoxy) is 1. The van der Waals surface area contributed by atoms with Crippen LogP contribution in [-0.2, 0) is 11.3 Å². The van der Waals surface area contributed by atoms with Crippen LogP contribution >= 0.6 is 11.5 Å². The second-order valence-corrected chi connectivity index (χ2v) is 4.67. The van der Waals surface area contributed by atoms with Crippen LogP contribution in [0.25, 0.3) is 0 Å². The molecular weight excluding hydrogens is 262 g/mol. The van der Waals surface area contributed by atoms with Crippen LogP contribution in [0.2, 0.25) is 0 Å². The van der Waals surface area contributed by atoms with Crippen LogP contribution < -0.4 is 5.32 Å². The number of hydrogen-bond acceptors (Lipinski definition) is 6. The quantitative estimate of drug-likeness (QED) is 0.851. The second kappa shape index (κ2) is 6.29. The molecule has 0 fully saturated rings. The lowest BCUT2D eigenvalue weighted by atomic mass is 10.2. The highest BCUT2D eigenvalue weighted by Crippen LogP contribution is 2.25. The topological polar surface area (TPSA) is 64.1 Å². The first-order chi connectivity index (χ1) is 9.22. The Morgan fingerprint density at radius 1 is 1.42 bits per heavy atom. The fourth-order valence-corrected chi connectivity index (χ4v) is 2.40. The van der Waals surface area contributed by atoms with Crippen molar-refractivity contribution in [3.63, 3.8) is 0 Å².